The number of benzene rings is 4. The minimum absolute atomic E-state index is 0.00880. The van der Waals surface area contributed by atoms with Crippen molar-refractivity contribution in [1.82, 2.24) is 70.1 Å². The largest absolute Gasteiger partial charge is 0.453 e. The summed E-state index contributed by atoms with van der Waals surface area (Å²) in [5, 5.41) is 26.0. The number of nitrogens with one attached hydrogen (secondary N) is 6. The molecule has 0 spiro atoms. The number of methoxy groups -OCH3 is 4. The van der Waals surface area contributed by atoms with Crippen molar-refractivity contribution in [2.45, 2.75) is 229 Å². The third kappa shape index (κ3) is 14.1. The van der Waals surface area contributed by atoms with Gasteiger partial charge in [0.15, 0.2) is 23.0 Å². The van der Waals surface area contributed by atoms with Crippen LogP contribution < -0.4 is 20.1 Å². The molecule has 116 heavy (non-hydrogen) atoms. The van der Waals surface area contributed by atoms with Crippen molar-refractivity contribution < 1.29 is 67.4 Å². The average molecular weight is 1580 g/mol. The summed E-state index contributed by atoms with van der Waals surface area (Å²) in [6.07, 6.45) is 19.2. The molecular weight excluding hydrogens is 1480 g/mol. The van der Waals surface area contributed by atoms with Crippen LogP contribution in [0.4, 0.5) is 9.59 Å². The predicted octanol–water partition coefficient (Wildman–Crippen LogP) is 13.8. The van der Waals surface area contributed by atoms with E-state index in [1.54, 1.807) is 27.2 Å². The molecule has 4 saturated carbocycles. The van der Waals surface area contributed by atoms with Crippen molar-refractivity contribution in [3.8, 4) is 90.3 Å². The van der Waals surface area contributed by atoms with E-state index in [2.05, 4.69) is 71.9 Å². The molecule has 28 heteroatoms. The summed E-state index contributed by atoms with van der Waals surface area (Å²) >= 11 is 0. The lowest BCUT2D eigenvalue weighted by atomic mass is 9.78. The van der Waals surface area contributed by atoms with Gasteiger partial charge >= 0.3 is 12.2 Å². The molecule has 20 atom stereocenters. The highest BCUT2D eigenvalue weighted by Crippen LogP contribution is 2.55. The Morgan fingerprint density at radius 1 is 0.397 bits per heavy atom. The number of amides is 6. The maximum absolute atomic E-state index is 14.2. The molecule has 612 valence electrons. The van der Waals surface area contributed by atoms with Gasteiger partial charge in [-0.3, -0.25) is 19.2 Å². The molecule has 0 bridgehead atoms. The van der Waals surface area contributed by atoms with Gasteiger partial charge in [-0.05, 0) is 199 Å². The molecule has 10 aliphatic rings. The summed E-state index contributed by atoms with van der Waals surface area (Å²) in [4.78, 5) is 121. The fourth-order valence-electron chi connectivity index (χ4n) is 20.9. The Morgan fingerprint density at radius 3 is 1.07 bits per heavy atom. The molecule has 4 aromatic heterocycles. The molecule has 0 radical (unpaired) electrons. The number of carbonyl (C=O) groups excluding carboxylic acids is 6. The van der Waals surface area contributed by atoms with Gasteiger partial charge in [0.25, 0.3) is 0 Å². The number of fused-ring (bicyclic) bond motifs is 10. The highest BCUT2D eigenvalue weighted by atomic mass is 16.6. The van der Waals surface area contributed by atoms with Gasteiger partial charge in [0, 0.05) is 60.6 Å². The van der Waals surface area contributed by atoms with Crippen LogP contribution in [-0.4, -0.2) is 195 Å². The highest BCUT2D eigenvalue weighted by molar-refractivity contribution is 6.05. The molecule has 0 unspecified atom stereocenters. The van der Waals surface area contributed by atoms with E-state index in [0.717, 1.165) is 165 Å². The van der Waals surface area contributed by atoms with Gasteiger partial charge in [-0.1, -0.05) is 63.8 Å². The first-order valence-electron chi connectivity index (χ1n) is 41.6. The Labute approximate surface area is 674 Å². The molecule has 8 aromatic rings. The van der Waals surface area contributed by atoms with E-state index in [0.29, 0.717) is 58.3 Å². The maximum Gasteiger partial charge on any atom is 0.407 e. The lowest BCUT2D eigenvalue weighted by Gasteiger charge is -2.34. The first-order chi connectivity index (χ1) is 56.1. The first kappa shape index (κ1) is 78.1. The van der Waals surface area contributed by atoms with Crippen molar-refractivity contribution in [2.24, 2.45) is 35.5 Å². The zero-order valence-electron chi connectivity index (χ0n) is 67.5. The molecule has 6 amide bonds. The number of aromatic nitrogens is 8. The number of nitrogens with zero attached hydrogens (tertiary/aromatic N) is 8. The summed E-state index contributed by atoms with van der Waals surface area (Å²) in [7, 11) is 5.69. The van der Waals surface area contributed by atoms with Crippen molar-refractivity contribution >= 4 is 35.8 Å². The van der Waals surface area contributed by atoms with E-state index in [1.807, 2.05) is 90.5 Å². The Hall–Kier alpha value is -10.4. The molecule has 9 heterocycles. The highest BCUT2D eigenvalue weighted by Gasteiger charge is 2.54. The number of aliphatic hydroxyl groups excluding tert-OH is 2. The number of alkyl carbamates (subject to hydrolysis) is 2. The van der Waals surface area contributed by atoms with Gasteiger partial charge in [-0.25, -0.2) is 29.5 Å². The summed E-state index contributed by atoms with van der Waals surface area (Å²) in [5.74, 6) is 5.84. The van der Waals surface area contributed by atoms with Crippen LogP contribution in [0.25, 0.3) is 67.3 Å². The lowest BCUT2D eigenvalue weighted by Crippen LogP contribution is -2.55. The third-order valence-electron chi connectivity index (χ3n) is 27.6. The molecule has 8 N–H and O–H groups in total. The lowest BCUT2D eigenvalue weighted by molar-refractivity contribution is -0.143. The number of aromatic amines is 4. The number of likely N-dealkylation sites (tertiary alicyclic amines) is 4. The van der Waals surface area contributed by atoms with E-state index in [9.17, 15) is 39.0 Å². The van der Waals surface area contributed by atoms with Crippen molar-refractivity contribution in [3.63, 3.8) is 0 Å². The molecule has 8 fully saturated rings. The fraction of sp³-hybridized carbons (Fsp3) is 0.523. The van der Waals surface area contributed by atoms with Gasteiger partial charge < -0.3 is 88.8 Å². The van der Waals surface area contributed by atoms with Gasteiger partial charge in [-0.15, -0.1) is 0 Å². The molecular formula is C88H106N14O14. The second-order valence-corrected chi connectivity index (χ2v) is 34.0. The summed E-state index contributed by atoms with van der Waals surface area (Å²) in [5.41, 5.74) is 11.8. The summed E-state index contributed by atoms with van der Waals surface area (Å²) in [6.45, 7) is 10.7. The number of hydrogen-bond acceptors (Lipinski definition) is 18. The van der Waals surface area contributed by atoms with Crippen LogP contribution >= 0.6 is 0 Å². The smallest absolute Gasteiger partial charge is 0.407 e. The monoisotopic (exact) mass is 1580 g/mol. The van der Waals surface area contributed by atoms with E-state index >= 15 is 0 Å². The minimum atomic E-state index is -1.12. The zero-order chi connectivity index (χ0) is 80.8. The van der Waals surface area contributed by atoms with Crippen molar-refractivity contribution in [1.29, 1.82) is 0 Å². The SMILES string of the molecule is COC(=O)N[C@H](C(=O)N1[C@H](c2ncc(-c3ccc4c(c3)-c3ccc(-c5cnc([C@@H]6C[C@@H]7CCC[C@@H]7N6C(=O)[C@@H](C)[C@@H](C)O)[nH]5)cc3-4)[nH]2)C[C@@H]2CCC[C@@H]21)[C@@H](C)O.COC(=O)N[C@H](C(=O)N1[C@H](c2ncc(-c3ccc4c(c3)Oc3ccc(-c5cnc([C@@H]6C[C@@H]7CCC[C@@H]7N6C(=O)[C@@H](C)[C@@H](C)OC)[nH]5)cc3O4)[nH]2)C[C@@H]2CCC[C@@H]21)[C@@H](C)OC. The zero-order valence-corrected chi connectivity index (χ0v) is 67.5. The van der Waals surface area contributed by atoms with Crippen LogP contribution in [0, 0.1) is 35.5 Å². The number of carbonyl (C=O) groups is 6. The number of hydrogen-bond donors (Lipinski definition) is 8. The molecule has 5 aliphatic carbocycles. The first-order valence-corrected chi connectivity index (χ1v) is 41.6. The number of aliphatic hydroxyl groups is 2. The summed E-state index contributed by atoms with van der Waals surface area (Å²) in [6, 6.07) is 22.1. The Balaban J connectivity index is 0.000000167. The van der Waals surface area contributed by atoms with E-state index in [1.165, 1.54) is 44.9 Å². The second kappa shape index (κ2) is 31.9. The molecule has 18 rings (SSSR count). The predicted molar refractivity (Wildman–Crippen MR) is 429 cm³/mol. The second-order valence-electron chi connectivity index (χ2n) is 34.0. The minimum Gasteiger partial charge on any atom is -0.453 e. The van der Waals surface area contributed by atoms with E-state index in [4.69, 9.17) is 48.4 Å². The number of ether oxygens (including phenoxy) is 6. The van der Waals surface area contributed by atoms with Gasteiger partial charge in [0.2, 0.25) is 23.6 Å². The topological polar surface area (TPSA) is 350 Å². The molecule has 4 aromatic carbocycles. The fourth-order valence-corrected chi connectivity index (χ4v) is 20.9. The van der Waals surface area contributed by atoms with E-state index < -0.39 is 48.5 Å². The van der Waals surface area contributed by atoms with E-state index in [-0.39, 0.29) is 84.0 Å². The maximum atomic E-state index is 14.2. The average Bonchev–Trinajstić information content (AvgIpc) is 1.18. The van der Waals surface area contributed by atoms with Crippen LogP contribution in [-0.2, 0) is 38.1 Å². The van der Waals surface area contributed by atoms with Crippen molar-refractivity contribution in [2.75, 3.05) is 28.4 Å². The van der Waals surface area contributed by atoms with Crippen LogP contribution in [0.15, 0.2) is 97.6 Å². The standard InChI is InChI=1S/C45H55N7O8.C43H51N7O6/c1-23(24(2)56-4)43(53)51-32-11-7-9-28(32)17-34(51)41-46-21-30(48-41)26-13-15-36-38(19-26)59-37-16-14-27(20-39(37)60-36)31-22-47-42(49-31)35-18-29-10-8-12-33(29)52(35)44(54)40(25(3)57-5)50-45(55)58-6;1-21(22(2)51)41(53)49-34-9-5-7-26(34)17-36(49)39-44-19-32(46-39)24-11-13-28-30(15-24)29-14-12-25(16-31(28)29)33-20-45-40(47-33)37-18-27-8-6-10-35(27)50(37)42(54)38(23(3)52)48-43(55)56-4/h13-16,19-25,28-29,32-35,40H,7-12,17-18H2,1-6H3,(H,46,48)(H,47,49)(H,50,55);11-16,19-23,26-27,34-38,51-52H,5-10,17-18H2,1-4H3,(H,44,46)(H,45,47)(H,48,55)/t23-,24+,25+,28-,29-,32-,33-,34-,35-,40-;21-,22+,23+,26-,27-,34-,35-,36-,37-,38-/m00/s1. The molecule has 5 aliphatic heterocycles. The third-order valence-corrected chi connectivity index (χ3v) is 27.6. The Kier molecular flexibility index (Phi) is 21.5. The quantitative estimate of drug-likeness (QED) is 0.0351. The van der Waals surface area contributed by atoms with Crippen molar-refractivity contribution in [3.05, 3.63) is 121 Å². The normalized spacial score (nSPS) is 26.3. The van der Waals surface area contributed by atoms with Gasteiger partial charge in [0.05, 0.1) is 122 Å². The number of imidazole rings is 4. The molecule has 4 saturated heterocycles. The number of H-pyrrole nitrogens is 4. The molecule has 28 nitrogen and oxygen atoms in total. The Bertz CT molecular complexity index is 5050. The van der Waals surface area contributed by atoms with Gasteiger partial charge in [-0.2, -0.15) is 0 Å². The van der Waals surface area contributed by atoms with Crippen LogP contribution in [0.2, 0.25) is 0 Å². The van der Waals surface area contributed by atoms with Crippen LogP contribution in [0.1, 0.15) is 192 Å². The number of rotatable bonds is 20. The Morgan fingerprint density at radius 2 is 0.724 bits per heavy atom. The van der Waals surface area contributed by atoms with Crippen LogP contribution in [0.5, 0.6) is 23.0 Å². The van der Waals surface area contributed by atoms with Crippen LogP contribution in [0.3, 0.4) is 0 Å². The summed E-state index contributed by atoms with van der Waals surface area (Å²) < 4.78 is 33.5. The van der Waals surface area contributed by atoms with Gasteiger partial charge in [0.1, 0.15) is 35.4 Å².